The highest BCUT2D eigenvalue weighted by molar-refractivity contribution is 7.92. The number of ether oxygens (including phenoxy) is 1. The van der Waals surface area contributed by atoms with Crippen molar-refractivity contribution in [1.82, 2.24) is 0 Å². The molecule has 20 heavy (non-hydrogen) atoms. The van der Waals surface area contributed by atoms with Gasteiger partial charge in [-0.05, 0) is 31.0 Å². The van der Waals surface area contributed by atoms with Crippen LogP contribution in [0.4, 0.5) is 8.78 Å². The molecule has 110 valence electrons. The number of rotatable bonds is 5. The second kappa shape index (κ2) is 5.97. The van der Waals surface area contributed by atoms with Gasteiger partial charge in [-0.3, -0.25) is 4.79 Å². The van der Waals surface area contributed by atoms with Crippen LogP contribution in [0.15, 0.2) is 18.2 Å². The lowest BCUT2D eigenvalue weighted by molar-refractivity contribution is 0.101. The van der Waals surface area contributed by atoms with Gasteiger partial charge in [0, 0.05) is 6.61 Å². The van der Waals surface area contributed by atoms with Crippen LogP contribution < -0.4 is 0 Å². The van der Waals surface area contributed by atoms with Crippen LogP contribution in [-0.4, -0.2) is 38.4 Å². The Morgan fingerprint density at radius 3 is 2.75 bits per heavy atom. The van der Waals surface area contributed by atoms with Crippen LogP contribution in [0.5, 0.6) is 0 Å². The molecule has 2 rings (SSSR count). The van der Waals surface area contributed by atoms with Crippen LogP contribution >= 0.6 is 0 Å². The number of benzene rings is 1. The van der Waals surface area contributed by atoms with E-state index in [1.807, 2.05) is 0 Å². The smallest absolute Gasteiger partial charge is 0.180 e. The molecule has 1 aromatic rings. The number of hydrogen-bond acceptors (Lipinski definition) is 4. The van der Waals surface area contributed by atoms with Crippen LogP contribution in [0, 0.1) is 11.6 Å². The molecule has 0 aliphatic carbocycles. The summed E-state index contributed by atoms with van der Waals surface area (Å²) in [5.74, 6) is -3.77. The normalized spacial score (nSPS) is 19.2. The molecule has 0 amide bonds. The number of ketones is 1. The molecule has 1 aliphatic heterocycles. The van der Waals surface area contributed by atoms with Gasteiger partial charge in [0.05, 0.1) is 17.4 Å². The molecule has 1 aliphatic rings. The zero-order valence-corrected chi connectivity index (χ0v) is 11.5. The van der Waals surface area contributed by atoms with Crippen molar-refractivity contribution < 1.29 is 26.7 Å². The monoisotopic (exact) mass is 304 g/mol. The average Bonchev–Trinajstić information content (AvgIpc) is 2.83. The van der Waals surface area contributed by atoms with E-state index in [0.29, 0.717) is 19.1 Å². The summed E-state index contributed by atoms with van der Waals surface area (Å²) in [7, 11) is -3.71. The lowest BCUT2D eigenvalue weighted by Gasteiger charge is -2.10. The van der Waals surface area contributed by atoms with Gasteiger partial charge >= 0.3 is 0 Å². The first-order valence-electron chi connectivity index (χ1n) is 6.18. The quantitative estimate of drug-likeness (QED) is 0.778. The van der Waals surface area contributed by atoms with E-state index >= 15 is 0 Å². The van der Waals surface area contributed by atoms with Crippen molar-refractivity contribution in [3.8, 4) is 0 Å². The number of carbonyl (C=O) groups excluding carboxylic acids is 1. The fourth-order valence-corrected chi connectivity index (χ4v) is 3.61. The molecule has 0 radical (unpaired) electrons. The molecular weight excluding hydrogens is 290 g/mol. The van der Waals surface area contributed by atoms with Gasteiger partial charge in [-0.2, -0.15) is 0 Å². The van der Waals surface area contributed by atoms with Crippen molar-refractivity contribution in [3.05, 3.63) is 35.4 Å². The number of sulfone groups is 1. The fraction of sp³-hybridized carbons (Fsp3) is 0.462. The Morgan fingerprint density at radius 2 is 2.10 bits per heavy atom. The summed E-state index contributed by atoms with van der Waals surface area (Å²) in [4.78, 5) is 11.8. The van der Waals surface area contributed by atoms with Crippen molar-refractivity contribution in [1.29, 1.82) is 0 Å². The van der Waals surface area contributed by atoms with E-state index in [1.54, 1.807) is 0 Å². The SMILES string of the molecule is O=C(CS(=O)(=O)CC1CCCO1)c1cc(F)ccc1F. The van der Waals surface area contributed by atoms with Crippen molar-refractivity contribution in [3.63, 3.8) is 0 Å². The van der Waals surface area contributed by atoms with Gasteiger partial charge in [0.25, 0.3) is 0 Å². The zero-order valence-electron chi connectivity index (χ0n) is 10.6. The maximum atomic E-state index is 13.4. The third-order valence-corrected chi connectivity index (χ3v) is 4.63. The molecule has 1 fully saturated rings. The molecule has 1 heterocycles. The second-order valence-electron chi connectivity index (χ2n) is 4.74. The Hall–Kier alpha value is -1.34. The molecule has 0 N–H and O–H groups in total. The van der Waals surface area contributed by atoms with E-state index in [9.17, 15) is 22.0 Å². The summed E-state index contributed by atoms with van der Waals surface area (Å²) >= 11 is 0. The lowest BCUT2D eigenvalue weighted by Crippen LogP contribution is -2.26. The standard InChI is InChI=1S/C13H14F2O4S/c14-9-3-4-12(15)11(6-9)13(16)8-20(17,18)7-10-2-1-5-19-10/h3-4,6,10H,1-2,5,7-8H2. The van der Waals surface area contributed by atoms with E-state index in [4.69, 9.17) is 4.74 Å². The number of carbonyl (C=O) groups is 1. The number of halogens is 2. The molecule has 0 aromatic heterocycles. The molecule has 4 nitrogen and oxygen atoms in total. The highest BCUT2D eigenvalue weighted by Gasteiger charge is 2.26. The fourth-order valence-electron chi connectivity index (χ4n) is 2.11. The van der Waals surface area contributed by atoms with E-state index in [2.05, 4.69) is 0 Å². The Labute approximate surface area is 115 Å². The van der Waals surface area contributed by atoms with Gasteiger partial charge in [-0.1, -0.05) is 0 Å². The van der Waals surface area contributed by atoms with Crippen molar-refractivity contribution in [2.45, 2.75) is 18.9 Å². The predicted molar refractivity (Wildman–Crippen MR) is 68.3 cm³/mol. The van der Waals surface area contributed by atoms with Crippen molar-refractivity contribution in [2.75, 3.05) is 18.1 Å². The van der Waals surface area contributed by atoms with Gasteiger partial charge in [-0.25, -0.2) is 17.2 Å². The maximum absolute atomic E-state index is 13.4. The highest BCUT2D eigenvalue weighted by atomic mass is 32.2. The van der Waals surface area contributed by atoms with Crippen LogP contribution in [0.1, 0.15) is 23.2 Å². The topological polar surface area (TPSA) is 60.4 Å². The highest BCUT2D eigenvalue weighted by Crippen LogP contribution is 2.16. The first kappa shape index (κ1) is 15.1. The Morgan fingerprint density at radius 1 is 1.35 bits per heavy atom. The first-order chi connectivity index (χ1) is 9.37. The van der Waals surface area contributed by atoms with Crippen molar-refractivity contribution >= 4 is 15.6 Å². The summed E-state index contributed by atoms with van der Waals surface area (Å²) < 4.78 is 55.3. The van der Waals surface area contributed by atoms with Crippen LogP contribution in [-0.2, 0) is 14.6 Å². The van der Waals surface area contributed by atoms with E-state index in [-0.39, 0.29) is 5.75 Å². The van der Waals surface area contributed by atoms with Gasteiger partial charge in [-0.15, -0.1) is 0 Å². The summed E-state index contributed by atoms with van der Waals surface area (Å²) in [6, 6.07) is 2.38. The first-order valence-corrected chi connectivity index (χ1v) is 8.00. The van der Waals surface area contributed by atoms with E-state index < -0.39 is 44.7 Å². The number of Topliss-reactive ketones (excluding diaryl/α,β-unsaturated/α-hetero) is 1. The molecule has 0 saturated carbocycles. The summed E-state index contributed by atoms with van der Waals surface area (Å²) in [5, 5.41) is 0. The minimum Gasteiger partial charge on any atom is -0.377 e. The van der Waals surface area contributed by atoms with Gasteiger partial charge in [0.1, 0.15) is 17.4 Å². The van der Waals surface area contributed by atoms with Gasteiger partial charge in [0.15, 0.2) is 15.6 Å². The lowest BCUT2D eigenvalue weighted by atomic mass is 10.1. The van der Waals surface area contributed by atoms with Crippen molar-refractivity contribution in [2.24, 2.45) is 0 Å². The summed E-state index contributed by atoms with van der Waals surface area (Å²) in [6.45, 7) is 0.507. The predicted octanol–water partition coefficient (Wildman–Crippen LogP) is 1.74. The molecule has 1 atom stereocenters. The van der Waals surface area contributed by atoms with Crippen LogP contribution in [0.25, 0.3) is 0 Å². The Kier molecular flexibility index (Phi) is 4.49. The Bertz CT molecular complexity index is 607. The average molecular weight is 304 g/mol. The molecule has 1 saturated heterocycles. The minimum atomic E-state index is -3.71. The molecule has 1 unspecified atom stereocenters. The van der Waals surface area contributed by atoms with Gasteiger partial charge in [0.2, 0.25) is 0 Å². The molecule has 7 heteroatoms. The maximum Gasteiger partial charge on any atom is 0.180 e. The third kappa shape index (κ3) is 3.83. The summed E-state index contributed by atoms with van der Waals surface area (Å²) in [5.41, 5.74) is -0.541. The van der Waals surface area contributed by atoms with E-state index in [1.165, 1.54) is 0 Å². The van der Waals surface area contributed by atoms with Gasteiger partial charge < -0.3 is 4.74 Å². The second-order valence-corrected chi connectivity index (χ2v) is 6.85. The zero-order chi connectivity index (χ0) is 14.8. The molecule has 1 aromatic carbocycles. The van der Waals surface area contributed by atoms with Crippen LogP contribution in [0.3, 0.4) is 0 Å². The molecule has 0 bridgehead atoms. The third-order valence-electron chi connectivity index (χ3n) is 3.04. The number of hydrogen-bond donors (Lipinski definition) is 0. The molecule has 0 spiro atoms. The van der Waals surface area contributed by atoms with E-state index in [0.717, 1.165) is 18.6 Å². The van der Waals surface area contributed by atoms with Crippen LogP contribution in [0.2, 0.25) is 0 Å². The Balaban J connectivity index is 2.08. The summed E-state index contributed by atoms with van der Waals surface area (Å²) in [6.07, 6.45) is 0.999. The molecular formula is C13H14F2O4S. The minimum absolute atomic E-state index is 0.268. The largest absolute Gasteiger partial charge is 0.377 e.